The molecule has 102 valence electrons. The minimum atomic E-state index is -0.324. The topological polar surface area (TPSA) is 21.3 Å². The first-order chi connectivity index (χ1) is 9.15. The highest BCUT2D eigenvalue weighted by Crippen LogP contribution is 2.29. The molecule has 1 unspecified atom stereocenters. The van der Waals surface area contributed by atoms with Gasteiger partial charge < -0.3 is 10.1 Å². The van der Waals surface area contributed by atoms with Crippen LogP contribution in [0.5, 0.6) is 5.75 Å². The van der Waals surface area contributed by atoms with E-state index in [0.717, 1.165) is 12.1 Å². The summed E-state index contributed by atoms with van der Waals surface area (Å²) in [4.78, 5) is 1.26. The highest BCUT2D eigenvalue weighted by molar-refractivity contribution is 7.10. The quantitative estimate of drug-likeness (QED) is 0.896. The Morgan fingerprint density at radius 1 is 1.32 bits per heavy atom. The van der Waals surface area contributed by atoms with Crippen molar-refractivity contribution in [1.29, 1.82) is 0 Å². The van der Waals surface area contributed by atoms with Crippen LogP contribution in [0.3, 0.4) is 0 Å². The van der Waals surface area contributed by atoms with Gasteiger partial charge in [-0.2, -0.15) is 0 Å². The zero-order valence-corrected chi connectivity index (χ0v) is 12.2. The number of rotatable bonds is 5. The SMILES string of the molecule is CCNC(c1csc(C)c1)c1ccc(OC)c(F)c1. The second kappa shape index (κ2) is 6.17. The molecular weight excluding hydrogens is 261 g/mol. The van der Waals surface area contributed by atoms with Crippen molar-refractivity contribution in [2.24, 2.45) is 0 Å². The van der Waals surface area contributed by atoms with E-state index in [0.29, 0.717) is 0 Å². The van der Waals surface area contributed by atoms with Gasteiger partial charge >= 0.3 is 0 Å². The summed E-state index contributed by atoms with van der Waals surface area (Å²) in [6.07, 6.45) is 0. The molecule has 2 rings (SSSR count). The summed E-state index contributed by atoms with van der Waals surface area (Å²) in [6, 6.07) is 7.28. The maximum atomic E-state index is 13.8. The van der Waals surface area contributed by atoms with Crippen LogP contribution in [0.2, 0.25) is 0 Å². The number of hydrogen-bond donors (Lipinski definition) is 1. The Hall–Kier alpha value is -1.39. The molecule has 1 aromatic heterocycles. The molecule has 4 heteroatoms. The fourth-order valence-electron chi connectivity index (χ4n) is 2.11. The van der Waals surface area contributed by atoms with Gasteiger partial charge in [0.25, 0.3) is 0 Å². The summed E-state index contributed by atoms with van der Waals surface area (Å²) >= 11 is 1.71. The molecule has 2 nitrogen and oxygen atoms in total. The maximum absolute atomic E-state index is 13.8. The molecule has 0 saturated heterocycles. The van der Waals surface area contributed by atoms with Crippen molar-refractivity contribution in [2.75, 3.05) is 13.7 Å². The molecule has 0 fully saturated rings. The first-order valence-electron chi connectivity index (χ1n) is 6.27. The number of nitrogens with one attached hydrogen (secondary N) is 1. The third-order valence-corrected chi connectivity index (χ3v) is 3.88. The molecule has 1 atom stereocenters. The second-order valence-corrected chi connectivity index (χ2v) is 5.49. The number of thiophene rings is 1. The molecule has 0 bridgehead atoms. The molecule has 1 heterocycles. The minimum Gasteiger partial charge on any atom is -0.494 e. The van der Waals surface area contributed by atoms with Crippen LogP contribution in [0.1, 0.15) is 29.0 Å². The predicted octanol–water partition coefficient (Wildman–Crippen LogP) is 3.90. The lowest BCUT2D eigenvalue weighted by Crippen LogP contribution is -2.21. The molecule has 0 saturated carbocycles. The normalized spacial score (nSPS) is 12.4. The Kier molecular flexibility index (Phi) is 4.56. The number of methoxy groups -OCH3 is 1. The average Bonchev–Trinajstić information content (AvgIpc) is 2.82. The third-order valence-electron chi connectivity index (χ3n) is 3.00. The van der Waals surface area contributed by atoms with E-state index >= 15 is 0 Å². The van der Waals surface area contributed by atoms with Crippen molar-refractivity contribution in [3.8, 4) is 5.75 Å². The molecule has 1 N–H and O–H groups in total. The lowest BCUT2D eigenvalue weighted by Gasteiger charge is -2.18. The van der Waals surface area contributed by atoms with Crippen molar-refractivity contribution in [2.45, 2.75) is 19.9 Å². The summed E-state index contributed by atoms with van der Waals surface area (Å²) in [5, 5.41) is 5.51. The molecule has 19 heavy (non-hydrogen) atoms. The van der Waals surface area contributed by atoms with Crippen LogP contribution < -0.4 is 10.1 Å². The molecule has 0 aliphatic heterocycles. The Morgan fingerprint density at radius 2 is 2.11 bits per heavy atom. The number of halogens is 1. The van der Waals surface area contributed by atoms with Crippen LogP contribution in [-0.2, 0) is 0 Å². The standard InChI is InChI=1S/C15H18FNOS/c1-4-17-15(12-7-10(2)19-9-12)11-5-6-14(18-3)13(16)8-11/h5-9,15,17H,4H2,1-3H3. The van der Waals surface area contributed by atoms with E-state index in [2.05, 4.69) is 23.7 Å². The van der Waals surface area contributed by atoms with Gasteiger partial charge in [0.2, 0.25) is 0 Å². The van der Waals surface area contributed by atoms with Crippen molar-refractivity contribution in [3.05, 3.63) is 51.5 Å². The summed E-state index contributed by atoms with van der Waals surface area (Å²) in [5.74, 6) is -0.0460. The van der Waals surface area contributed by atoms with E-state index in [4.69, 9.17) is 4.74 Å². The van der Waals surface area contributed by atoms with Gasteiger partial charge in [-0.05, 0) is 48.2 Å². The number of hydrogen-bond acceptors (Lipinski definition) is 3. The monoisotopic (exact) mass is 279 g/mol. The molecule has 0 aliphatic carbocycles. The second-order valence-electron chi connectivity index (χ2n) is 4.38. The van der Waals surface area contributed by atoms with Gasteiger partial charge in [0.1, 0.15) is 0 Å². The largest absolute Gasteiger partial charge is 0.494 e. The maximum Gasteiger partial charge on any atom is 0.165 e. The Balaban J connectivity index is 2.36. The van der Waals surface area contributed by atoms with Crippen molar-refractivity contribution >= 4 is 11.3 Å². The van der Waals surface area contributed by atoms with Gasteiger partial charge in [-0.3, -0.25) is 0 Å². The number of benzene rings is 1. The lowest BCUT2D eigenvalue weighted by atomic mass is 10.0. The molecule has 0 aliphatic rings. The van der Waals surface area contributed by atoms with Crippen LogP contribution in [0.4, 0.5) is 4.39 Å². The van der Waals surface area contributed by atoms with Gasteiger partial charge in [0, 0.05) is 4.88 Å². The van der Waals surface area contributed by atoms with Gasteiger partial charge in [-0.25, -0.2) is 4.39 Å². The first-order valence-corrected chi connectivity index (χ1v) is 7.15. The fourth-order valence-corrected chi connectivity index (χ4v) is 2.84. The van der Waals surface area contributed by atoms with E-state index in [1.165, 1.54) is 17.6 Å². The van der Waals surface area contributed by atoms with Crippen molar-refractivity contribution in [1.82, 2.24) is 5.32 Å². The van der Waals surface area contributed by atoms with Gasteiger partial charge in [0.15, 0.2) is 11.6 Å². The van der Waals surface area contributed by atoms with E-state index in [-0.39, 0.29) is 17.6 Å². The van der Waals surface area contributed by atoms with E-state index in [9.17, 15) is 4.39 Å². The van der Waals surface area contributed by atoms with Gasteiger partial charge in [-0.15, -0.1) is 11.3 Å². The Morgan fingerprint density at radius 3 is 2.63 bits per heavy atom. The van der Waals surface area contributed by atoms with Crippen LogP contribution in [0.15, 0.2) is 29.6 Å². The molecule has 2 aromatic rings. The average molecular weight is 279 g/mol. The molecular formula is C15H18FNOS. The predicted molar refractivity (Wildman–Crippen MR) is 77.5 cm³/mol. The summed E-state index contributed by atoms with van der Waals surface area (Å²) < 4.78 is 18.8. The lowest BCUT2D eigenvalue weighted by molar-refractivity contribution is 0.385. The van der Waals surface area contributed by atoms with E-state index in [1.807, 2.05) is 13.0 Å². The van der Waals surface area contributed by atoms with Gasteiger partial charge in [-0.1, -0.05) is 13.0 Å². The van der Waals surface area contributed by atoms with Gasteiger partial charge in [0.05, 0.1) is 13.2 Å². The molecule has 0 radical (unpaired) electrons. The number of ether oxygens (including phenoxy) is 1. The van der Waals surface area contributed by atoms with Crippen LogP contribution in [-0.4, -0.2) is 13.7 Å². The Labute approximate surface area is 117 Å². The van der Waals surface area contributed by atoms with Crippen molar-refractivity contribution in [3.63, 3.8) is 0 Å². The minimum absolute atomic E-state index is 0.0235. The first kappa shape index (κ1) is 14.0. The molecule has 0 spiro atoms. The highest BCUT2D eigenvalue weighted by atomic mass is 32.1. The van der Waals surface area contributed by atoms with Crippen LogP contribution in [0, 0.1) is 12.7 Å². The highest BCUT2D eigenvalue weighted by Gasteiger charge is 2.16. The number of aryl methyl sites for hydroxylation is 1. The van der Waals surface area contributed by atoms with E-state index in [1.54, 1.807) is 23.5 Å². The third kappa shape index (κ3) is 3.14. The zero-order valence-electron chi connectivity index (χ0n) is 11.4. The molecule has 1 aromatic carbocycles. The van der Waals surface area contributed by atoms with Crippen LogP contribution >= 0.6 is 11.3 Å². The van der Waals surface area contributed by atoms with E-state index < -0.39 is 0 Å². The summed E-state index contributed by atoms with van der Waals surface area (Å²) in [6.45, 7) is 4.95. The summed E-state index contributed by atoms with van der Waals surface area (Å²) in [7, 11) is 1.47. The zero-order chi connectivity index (χ0) is 13.8. The van der Waals surface area contributed by atoms with Crippen LogP contribution in [0.25, 0.3) is 0 Å². The fraction of sp³-hybridized carbons (Fsp3) is 0.333. The summed E-state index contributed by atoms with van der Waals surface area (Å²) in [5.41, 5.74) is 2.09. The van der Waals surface area contributed by atoms with Crippen molar-refractivity contribution < 1.29 is 9.13 Å². The Bertz CT molecular complexity index is 553. The molecule has 0 amide bonds. The smallest absolute Gasteiger partial charge is 0.165 e.